The fourth-order valence-electron chi connectivity index (χ4n) is 9.21. The van der Waals surface area contributed by atoms with Gasteiger partial charge in [0.15, 0.2) is 0 Å². The van der Waals surface area contributed by atoms with E-state index in [0.29, 0.717) is 82.1 Å². The van der Waals surface area contributed by atoms with E-state index < -0.39 is 0 Å². The van der Waals surface area contributed by atoms with Gasteiger partial charge in [-0.25, -0.2) is 0 Å². The lowest BCUT2D eigenvalue weighted by Gasteiger charge is -2.27. The number of fused-ring (bicyclic) bond motifs is 1. The molecule has 11 nitrogen and oxygen atoms in total. The van der Waals surface area contributed by atoms with Gasteiger partial charge >= 0.3 is 11.9 Å². The van der Waals surface area contributed by atoms with Crippen molar-refractivity contribution in [2.24, 2.45) is 11.8 Å². The fraction of sp³-hybridized carbons (Fsp3) is 0.839. The molecule has 12 heteroatoms. The first-order chi connectivity index (χ1) is 33.1. The molecule has 0 spiro atoms. The summed E-state index contributed by atoms with van der Waals surface area (Å²) in [5.41, 5.74) is 1.44. The molecular formula is C56H100N4O7S. The van der Waals surface area contributed by atoms with Gasteiger partial charge in [0.2, 0.25) is 11.8 Å². The summed E-state index contributed by atoms with van der Waals surface area (Å²) in [6.45, 7) is 11.8. The Kier molecular flexibility index (Phi) is 35.7. The van der Waals surface area contributed by atoms with Crippen LogP contribution in [0.15, 0.2) is 0 Å². The number of thiophene rings is 1. The van der Waals surface area contributed by atoms with Crippen LogP contribution in [0.2, 0.25) is 0 Å². The highest BCUT2D eigenvalue weighted by atomic mass is 32.1. The highest BCUT2D eigenvalue weighted by molar-refractivity contribution is 7.17. The Bertz CT molecular complexity index is 1520. The second kappa shape index (κ2) is 39.7. The van der Waals surface area contributed by atoms with E-state index in [1.807, 2.05) is 23.9 Å². The van der Waals surface area contributed by atoms with Crippen LogP contribution < -0.4 is 10.6 Å². The Balaban J connectivity index is 1.87. The average Bonchev–Trinajstić information content (AvgIpc) is 3.68. The van der Waals surface area contributed by atoms with E-state index in [-0.39, 0.29) is 41.5 Å². The lowest BCUT2D eigenvalue weighted by atomic mass is 9.94. The molecule has 68 heavy (non-hydrogen) atoms. The highest BCUT2D eigenvalue weighted by Gasteiger charge is 2.30. The van der Waals surface area contributed by atoms with Crippen molar-refractivity contribution in [3.63, 3.8) is 0 Å². The number of carbonyl (C=O) groups excluding carboxylic acids is 5. The van der Waals surface area contributed by atoms with Crippen molar-refractivity contribution in [3.8, 4) is 0 Å². The smallest absolute Gasteiger partial charge is 0.308 e. The summed E-state index contributed by atoms with van der Waals surface area (Å²) in [4.78, 5) is 71.4. The Labute approximate surface area is 419 Å². The third-order valence-corrected chi connectivity index (χ3v) is 14.7. The van der Waals surface area contributed by atoms with Gasteiger partial charge in [-0.2, -0.15) is 0 Å². The molecule has 1 aliphatic rings. The van der Waals surface area contributed by atoms with E-state index in [0.717, 1.165) is 93.9 Å². The van der Waals surface area contributed by atoms with Gasteiger partial charge in [-0.05, 0) is 90.3 Å². The van der Waals surface area contributed by atoms with Crippen LogP contribution in [0.1, 0.15) is 254 Å². The van der Waals surface area contributed by atoms with E-state index in [2.05, 4.69) is 38.3 Å². The molecule has 3 amide bonds. The molecule has 0 aliphatic carbocycles. The van der Waals surface area contributed by atoms with E-state index in [4.69, 9.17) is 9.47 Å². The summed E-state index contributed by atoms with van der Waals surface area (Å²) in [5.74, 6) is -0.387. The van der Waals surface area contributed by atoms with Gasteiger partial charge < -0.3 is 29.9 Å². The molecule has 0 fully saturated rings. The second-order valence-corrected chi connectivity index (χ2v) is 21.1. The molecule has 2 unspecified atom stereocenters. The standard InChI is InChI=1S/C56H100N4O7S/c1-7-11-15-19-21-27-35-46(33-25-17-13-9-3)55(64)66-43-31-23-29-37-50(61)58-54-52(53(63)57-40-42-59(5)6)48-39-41-60(45-49(48)68-54)51(62)38-30-24-32-44-67-56(65)47(34-26-18-14-10-4)36-28-22-20-16-12-8-2/h46-47H,7-45H2,1-6H3,(H,57,63)(H,58,61). The molecule has 2 atom stereocenters. The van der Waals surface area contributed by atoms with E-state index in [1.165, 1.54) is 108 Å². The molecule has 1 aromatic rings. The number of carbonyl (C=O) groups is 5. The molecular weight excluding hydrogens is 873 g/mol. The number of ether oxygens (including phenoxy) is 2. The number of unbranched alkanes of at least 4 members (excludes halogenated alkanes) is 20. The summed E-state index contributed by atoms with van der Waals surface area (Å²) in [5, 5.41) is 6.66. The van der Waals surface area contributed by atoms with Crippen molar-refractivity contribution < 1.29 is 33.4 Å². The molecule has 2 rings (SSSR count). The molecule has 0 saturated heterocycles. The van der Waals surface area contributed by atoms with Crippen LogP contribution >= 0.6 is 11.3 Å². The number of amides is 3. The van der Waals surface area contributed by atoms with Gasteiger partial charge in [-0.1, -0.05) is 156 Å². The minimum absolute atomic E-state index is 0.00362. The van der Waals surface area contributed by atoms with Crippen LogP contribution in [0.3, 0.4) is 0 Å². The van der Waals surface area contributed by atoms with Gasteiger partial charge in [0.05, 0.1) is 37.2 Å². The topological polar surface area (TPSA) is 134 Å². The Morgan fingerprint density at radius 1 is 0.588 bits per heavy atom. The Morgan fingerprint density at radius 2 is 1.03 bits per heavy atom. The predicted molar refractivity (Wildman–Crippen MR) is 282 cm³/mol. The summed E-state index contributed by atoms with van der Waals surface area (Å²) in [6, 6.07) is 0. The SMILES string of the molecule is CCCCCCCCC(CCCCCC)C(=O)OCCCCCC(=O)Nc1sc2c(c1C(=O)NCCN(C)C)CCN(C(=O)CCCCCOC(=O)C(CCCCCC)CCCCCCCC)C2. The van der Waals surface area contributed by atoms with Gasteiger partial charge in [0.1, 0.15) is 5.00 Å². The minimum atomic E-state index is -0.202. The number of nitrogens with zero attached hydrogens (tertiary/aromatic N) is 2. The van der Waals surface area contributed by atoms with Gasteiger partial charge in [-0.15, -0.1) is 11.3 Å². The van der Waals surface area contributed by atoms with Gasteiger partial charge in [-0.3, -0.25) is 24.0 Å². The van der Waals surface area contributed by atoms with E-state index in [9.17, 15) is 24.0 Å². The molecule has 0 radical (unpaired) electrons. The fourth-order valence-corrected chi connectivity index (χ4v) is 10.5. The van der Waals surface area contributed by atoms with Crippen LogP contribution in [-0.4, -0.2) is 86.4 Å². The zero-order valence-electron chi connectivity index (χ0n) is 44.4. The zero-order chi connectivity index (χ0) is 49.6. The molecule has 0 bridgehead atoms. The summed E-state index contributed by atoms with van der Waals surface area (Å²) in [7, 11) is 3.92. The maximum atomic E-state index is 13.7. The summed E-state index contributed by atoms with van der Waals surface area (Å²) in [6.07, 6.45) is 33.2. The number of anilines is 1. The number of hydrogen-bond acceptors (Lipinski definition) is 9. The van der Waals surface area contributed by atoms with Crippen LogP contribution in [0.5, 0.6) is 0 Å². The van der Waals surface area contributed by atoms with Crippen molar-refractivity contribution in [3.05, 3.63) is 16.0 Å². The minimum Gasteiger partial charge on any atom is -0.465 e. The Hall–Kier alpha value is -2.99. The number of hydrogen-bond donors (Lipinski definition) is 2. The van der Waals surface area contributed by atoms with Crippen molar-refractivity contribution in [1.82, 2.24) is 15.1 Å². The lowest BCUT2D eigenvalue weighted by molar-refractivity contribution is -0.150. The number of rotatable bonds is 43. The quantitative estimate of drug-likeness (QED) is 0.0488. The molecule has 392 valence electrons. The Morgan fingerprint density at radius 3 is 1.51 bits per heavy atom. The van der Waals surface area contributed by atoms with Gasteiger partial charge in [0, 0.05) is 37.4 Å². The molecule has 0 saturated carbocycles. The summed E-state index contributed by atoms with van der Waals surface area (Å²) < 4.78 is 11.6. The number of nitrogens with one attached hydrogen (secondary N) is 2. The van der Waals surface area contributed by atoms with Crippen LogP contribution in [-0.2, 0) is 41.6 Å². The second-order valence-electron chi connectivity index (χ2n) is 20.0. The number of esters is 2. The molecule has 1 aliphatic heterocycles. The third kappa shape index (κ3) is 27.4. The van der Waals surface area contributed by atoms with E-state index >= 15 is 0 Å². The van der Waals surface area contributed by atoms with E-state index in [1.54, 1.807) is 0 Å². The van der Waals surface area contributed by atoms with Crippen molar-refractivity contribution in [2.75, 3.05) is 52.3 Å². The average molecular weight is 974 g/mol. The lowest BCUT2D eigenvalue weighted by Crippen LogP contribution is -2.36. The number of likely N-dealkylation sites (N-methyl/N-ethyl adjacent to an activating group) is 1. The largest absolute Gasteiger partial charge is 0.465 e. The van der Waals surface area contributed by atoms with Crippen molar-refractivity contribution in [1.29, 1.82) is 0 Å². The first-order valence-corrected chi connectivity index (χ1v) is 28.9. The highest BCUT2D eigenvalue weighted by Crippen LogP contribution is 2.38. The first kappa shape index (κ1) is 61.1. The first-order valence-electron chi connectivity index (χ1n) is 28.0. The van der Waals surface area contributed by atoms with Crippen molar-refractivity contribution in [2.45, 2.75) is 246 Å². The monoisotopic (exact) mass is 973 g/mol. The third-order valence-electron chi connectivity index (χ3n) is 13.6. The summed E-state index contributed by atoms with van der Waals surface area (Å²) >= 11 is 1.40. The van der Waals surface area contributed by atoms with Gasteiger partial charge in [0.25, 0.3) is 5.91 Å². The normalized spacial score (nSPS) is 13.3. The molecule has 2 N–H and O–H groups in total. The predicted octanol–water partition coefficient (Wildman–Crippen LogP) is 13.7. The van der Waals surface area contributed by atoms with Crippen molar-refractivity contribution >= 4 is 46.0 Å². The maximum Gasteiger partial charge on any atom is 0.308 e. The molecule has 1 aromatic heterocycles. The van der Waals surface area contributed by atoms with Crippen LogP contribution in [0.25, 0.3) is 0 Å². The maximum absolute atomic E-state index is 13.7. The van der Waals surface area contributed by atoms with Crippen LogP contribution in [0, 0.1) is 11.8 Å². The zero-order valence-corrected chi connectivity index (χ0v) is 45.2. The van der Waals surface area contributed by atoms with Crippen LogP contribution in [0.4, 0.5) is 5.00 Å². The molecule has 2 heterocycles. The molecule has 0 aromatic carbocycles.